The van der Waals surface area contributed by atoms with Crippen molar-refractivity contribution in [1.29, 1.82) is 0 Å². The molecule has 0 saturated carbocycles. The first kappa shape index (κ1) is 14.9. The second kappa shape index (κ2) is 5.88. The fourth-order valence-electron chi connectivity index (χ4n) is 1.80. The van der Waals surface area contributed by atoms with Crippen LogP contribution in [0.25, 0.3) is 0 Å². The van der Waals surface area contributed by atoms with Crippen LogP contribution in [0, 0.1) is 0 Å². The van der Waals surface area contributed by atoms with Crippen LogP contribution in [0.2, 0.25) is 5.02 Å². The Kier molecular flexibility index (Phi) is 4.18. The lowest BCUT2D eigenvalue weighted by Gasteiger charge is -2.18. The van der Waals surface area contributed by atoms with Gasteiger partial charge in [0.15, 0.2) is 11.5 Å². The van der Waals surface area contributed by atoms with Crippen LogP contribution in [0.4, 0.5) is 0 Å². The largest absolute Gasteiger partial charge is 0.480 e. The zero-order chi connectivity index (χ0) is 15.6. The van der Waals surface area contributed by atoms with Gasteiger partial charge in [-0.2, -0.15) is 0 Å². The van der Waals surface area contributed by atoms with Crippen LogP contribution in [0.3, 0.4) is 0 Å². The molecule has 1 aromatic carbocycles. The number of hydrogen-bond acceptors (Lipinski definition) is 5. The SMILES string of the molecule is O=C(O)CN(CC(=O)O)C(=O)c1cc(Cl)c2c(c1)OCO2. The molecule has 0 atom stereocenters. The Morgan fingerprint density at radius 1 is 1.14 bits per heavy atom. The van der Waals surface area contributed by atoms with Crippen molar-refractivity contribution in [1.82, 2.24) is 4.90 Å². The van der Waals surface area contributed by atoms with Crippen molar-refractivity contribution in [3.05, 3.63) is 22.7 Å². The van der Waals surface area contributed by atoms with Crippen molar-refractivity contribution in [2.45, 2.75) is 0 Å². The number of carboxylic acids is 2. The maximum Gasteiger partial charge on any atom is 0.323 e. The van der Waals surface area contributed by atoms with E-state index in [-0.39, 0.29) is 28.9 Å². The van der Waals surface area contributed by atoms with Crippen molar-refractivity contribution in [3.63, 3.8) is 0 Å². The summed E-state index contributed by atoms with van der Waals surface area (Å²) in [5, 5.41) is 17.6. The molecule has 0 fully saturated rings. The molecule has 0 aliphatic carbocycles. The molecule has 0 radical (unpaired) electrons. The lowest BCUT2D eigenvalue weighted by molar-refractivity contribution is -0.140. The fraction of sp³-hybridized carbons (Fsp3) is 0.250. The van der Waals surface area contributed by atoms with E-state index in [1.165, 1.54) is 12.1 Å². The van der Waals surface area contributed by atoms with Gasteiger partial charge in [-0.1, -0.05) is 11.6 Å². The van der Waals surface area contributed by atoms with E-state index in [4.69, 9.17) is 31.3 Å². The van der Waals surface area contributed by atoms with Crippen LogP contribution >= 0.6 is 11.6 Å². The first-order valence-electron chi connectivity index (χ1n) is 5.70. The molecule has 1 aliphatic rings. The molecular formula is C12H10ClNO7. The summed E-state index contributed by atoms with van der Waals surface area (Å²) in [5.41, 5.74) is 0.0201. The topological polar surface area (TPSA) is 113 Å². The summed E-state index contributed by atoms with van der Waals surface area (Å²) in [7, 11) is 0. The van der Waals surface area contributed by atoms with Gasteiger partial charge in [0, 0.05) is 5.56 Å². The normalized spacial score (nSPS) is 12.0. The van der Waals surface area contributed by atoms with E-state index in [1.807, 2.05) is 0 Å². The average Bonchev–Trinajstić information content (AvgIpc) is 2.84. The van der Waals surface area contributed by atoms with Gasteiger partial charge in [-0.05, 0) is 12.1 Å². The third-order valence-corrected chi connectivity index (χ3v) is 2.89. The Balaban J connectivity index is 2.30. The summed E-state index contributed by atoms with van der Waals surface area (Å²) in [4.78, 5) is 34.3. The Morgan fingerprint density at radius 2 is 1.76 bits per heavy atom. The standard InChI is InChI=1S/C12H10ClNO7/c13-7-1-6(2-8-11(7)21-5-20-8)12(19)14(3-9(15)16)4-10(17)18/h1-2H,3-5H2,(H,15,16)(H,17,18). The number of carbonyl (C=O) groups excluding carboxylic acids is 1. The van der Waals surface area contributed by atoms with Gasteiger partial charge >= 0.3 is 11.9 Å². The zero-order valence-electron chi connectivity index (χ0n) is 10.5. The molecular weight excluding hydrogens is 306 g/mol. The lowest BCUT2D eigenvalue weighted by Crippen LogP contribution is -2.39. The Bertz CT molecular complexity index is 600. The van der Waals surface area contributed by atoms with Crippen molar-refractivity contribution in [2.75, 3.05) is 19.9 Å². The molecule has 0 saturated heterocycles. The number of carbonyl (C=O) groups is 3. The van der Waals surface area contributed by atoms with Crippen molar-refractivity contribution in [3.8, 4) is 11.5 Å². The quantitative estimate of drug-likeness (QED) is 0.821. The summed E-state index contributed by atoms with van der Waals surface area (Å²) in [5.74, 6) is -2.89. The molecule has 1 aliphatic heterocycles. The number of fused-ring (bicyclic) bond motifs is 1. The molecule has 0 bridgehead atoms. The van der Waals surface area contributed by atoms with E-state index in [0.717, 1.165) is 0 Å². The minimum Gasteiger partial charge on any atom is -0.480 e. The highest BCUT2D eigenvalue weighted by Crippen LogP contribution is 2.39. The second-order valence-electron chi connectivity index (χ2n) is 4.14. The molecule has 1 heterocycles. The smallest absolute Gasteiger partial charge is 0.323 e. The summed E-state index contributed by atoms with van der Waals surface area (Å²) in [6.07, 6.45) is 0. The summed E-state index contributed by atoms with van der Waals surface area (Å²) < 4.78 is 10.2. The van der Waals surface area contributed by atoms with E-state index < -0.39 is 30.9 Å². The van der Waals surface area contributed by atoms with Crippen LogP contribution in [0.5, 0.6) is 11.5 Å². The van der Waals surface area contributed by atoms with Gasteiger partial charge in [0.1, 0.15) is 13.1 Å². The average molecular weight is 316 g/mol. The van der Waals surface area contributed by atoms with Gasteiger partial charge in [-0.15, -0.1) is 0 Å². The zero-order valence-corrected chi connectivity index (χ0v) is 11.3. The fourth-order valence-corrected chi connectivity index (χ4v) is 2.06. The molecule has 8 nitrogen and oxygen atoms in total. The predicted molar refractivity (Wildman–Crippen MR) is 68.8 cm³/mol. The Hall–Kier alpha value is -2.48. The number of aliphatic carboxylic acids is 2. The van der Waals surface area contributed by atoms with Gasteiger partial charge in [-0.3, -0.25) is 14.4 Å². The van der Waals surface area contributed by atoms with Gasteiger partial charge in [-0.25, -0.2) is 0 Å². The molecule has 0 unspecified atom stereocenters. The third kappa shape index (κ3) is 3.34. The van der Waals surface area contributed by atoms with E-state index in [9.17, 15) is 14.4 Å². The number of ether oxygens (including phenoxy) is 2. The van der Waals surface area contributed by atoms with Crippen molar-refractivity contribution < 1.29 is 34.1 Å². The summed E-state index contributed by atoms with van der Waals surface area (Å²) >= 11 is 5.93. The molecule has 1 amide bonds. The molecule has 21 heavy (non-hydrogen) atoms. The molecule has 1 aromatic rings. The maximum atomic E-state index is 12.2. The van der Waals surface area contributed by atoms with E-state index >= 15 is 0 Å². The Morgan fingerprint density at radius 3 is 2.33 bits per heavy atom. The van der Waals surface area contributed by atoms with E-state index in [0.29, 0.717) is 4.90 Å². The minimum absolute atomic E-state index is 0.0201. The third-order valence-electron chi connectivity index (χ3n) is 2.61. The van der Waals surface area contributed by atoms with Gasteiger partial charge in [0.2, 0.25) is 6.79 Å². The van der Waals surface area contributed by atoms with Crippen LogP contribution < -0.4 is 9.47 Å². The number of rotatable bonds is 5. The monoisotopic (exact) mass is 315 g/mol. The first-order chi connectivity index (χ1) is 9.88. The highest BCUT2D eigenvalue weighted by Gasteiger charge is 2.25. The number of benzene rings is 1. The van der Waals surface area contributed by atoms with Crippen LogP contribution in [0.15, 0.2) is 12.1 Å². The number of halogens is 1. The van der Waals surface area contributed by atoms with Crippen LogP contribution in [-0.2, 0) is 9.59 Å². The number of nitrogens with zero attached hydrogens (tertiary/aromatic N) is 1. The highest BCUT2D eigenvalue weighted by molar-refractivity contribution is 6.32. The predicted octanol–water partition coefficient (Wildman–Crippen LogP) is 0.680. The van der Waals surface area contributed by atoms with Crippen molar-refractivity contribution >= 4 is 29.4 Å². The number of hydrogen-bond donors (Lipinski definition) is 2. The molecule has 112 valence electrons. The highest BCUT2D eigenvalue weighted by atomic mass is 35.5. The second-order valence-corrected chi connectivity index (χ2v) is 4.55. The van der Waals surface area contributed by atoms with Crippen molar-refractivity contribution in [2.24, 2.45) is 0 Å². The minimum atomic E-state index is -1.32. The summed E-state index contributed by atoms with van der Waals surface area (Å²) in [6.45, 7) is -1.52. The number of carboxylic acid groups (broad SMARTS) is 2. The summed E-state index contributed by atoms with van der Waals surface area (Å²) in [6, 6.07) is 2.60. The maximum absolute atomic E-state index is 12.2. The van der Waals surface area contributed by atoms with Gasteiger partial charge < -0.3 is 24.6 Å². The van der Waals surface area contributed by atoms with Gasteiger partial charge in [0.05, 0.1) is 5.02 Å². The Labute approximate surface area is 123 Å². The molecule has 2 N–H and O–H groups in total. The van der Waals surface area contributed by atoms with Gasteiger partial charge in [0.25, 0.3) is 5.91 Å². The molecule has 0 spiro atoms. The lowest BCUT2D eigenvalue weighted by atomic mass is 10.1. The first-order valence-corrected chi connectivity index (χ1v) is 6.08. The van der Waals surface area contributed by atoms with Crippen LogP contribution in [0.1, 0.15) is 10.4 Å². The number of amides is 1. The molecule has 2 rings (SSSR count). The van der Waals surface area contributed by atoms with E-state index in [2.05, 4.69) is 0 Å². The molecule has 9 heteroatoms. The molecule has 0 aromatic heterocycles. The van der Waals surface area contributed by atoms with E-state index in [1.54, 1.807) is 0 Å². The van der Waals surface area contributed by atoms with Crippen LogP contribution in [-0.4, -0.2) is 52.8 Å².